The molecule has 2 fully saturated rings. The lowest BCUT2D eigenvalue weighted by molar-refractivity contribution is 0.275. The minimum atomic E-state index is 0.456. The first-order chi connectivity index (χ1) is 7.86. The molecular formula is C13H27N3. The molecule has 4 N–H and O–H groups in total. The summed E-state index contributed by atoms with van der Waals surface area (Å²) in [7, 11) is 0. The summed E-state index contributed by atoms with van der Waals surface area (Å²) in [6, 6.07) is 0.456. The first kappa shape index (κ1) is 12.3. The van der Waals surface area contributed by atoms with Crippen LogP contribution in [0.2, 0.25) is 0 Å². The third-order valence-electron chi connectivity index (χ3n) is 4.36. The molecule has 2 heterocycles. The monoisotopic (exact) mass is 225 g/mol. The summed E-state index contributed by atoms with van der Waals surface area (Å²) in [5.41, 5.74) is 6.32. The Labute approximate surface area is 99.5 Å². The van der Waals surface area contributed by atoms with Crippen LogP contribution < -0.4 is 16.4 Å². The minimum absolute atomic E-state index is 0.456. The van der Waals surface area contributed by atoms with E-state index in [1.165, 1.54) is 64.7 Å². The summed E-state index contributed by atoms with van der Waals surface area (Å²) in [4.78, 5) is 0. The van der Waals surface area contributed by atoms with Crippen LogP contribution in [0.15, 0.2) is 0 Å². The molecule has 0 spiro atoms. The molecule has 2 saturated heterocycles. The van der Waals surface area contributed by atoms with Crippen LogP contribution in [-0.4, -0.2) is 32.2 Å². The summed E-state index contributed by atoms with van der Waals surface area (Å²) in [6.45, 7) is 4.78. The number of rotatable bonds is 4. The summed E-state index contributed by atoms with van der Waals surface area (Å²) >= 11 is 0. The highest BCUT2D eigenvalue weighted by Crippen LogP contribution is 2.23. The quantitative estimate of drug-likeness (QED) is 0.671. The Bertz CT molecular complexity index is 184. The molecule has 0 bridgehead atoms. The Kier molecular flexibility index (Phi) is 5.07. The highest BCUT2D eigenvalue weighted by molar-refractivity contribution is 4.79. The Morgan fingerprint density at radius 1 is 0.938 bits per heavy atom. The van der Waals surface area contributed by atoms with Gasteiger partial charge in [0.15, 0.2) is 0 Å². The fourth-order valence-electron chi connectivity index (χ4n) is 3.11. The molecule has 3 nitrogen and oxygen atoms in total. The van der Waals surface area contributed by atoms with Crippen molar-refractivity contribution in [2.45, 2.75) is 44.6 Å². The molecule has 0 saturated carbocycles. The molecule has 2 rings (SSSR count). The highest BCUT2D eigenvalue weighted by atomic mass is 14.9. The smallest absolute Gasteiger partial charge is 0.00682 e. The molecular weight excluding hydrogens is 198 g/mol. The van der Waals surface area contributed by atoms with Gasteiger partial charge in [-0.05, 0) is 76.5 Å². The molecule has 0 aromatic rings. The number of hydrogen-bond acceptors (Lipinski definition) is 3. The molecule has 2 aliphatic rings. The lowest BCUT2D eigenvalue weighted by Gasteiger charge is -2.30. The van der Waals surface area contributed by atoms with Crippen molar-refractivity contribution in [3.05, 3.63) is 0 Å². The van der Waals surface area contributed by atoms with Gasteiger partial charge in [0, 0.05) is 6.04 Å². The number of hydrogen-bond donors (Lipinski definition) is 3. The zero-order valence-electron chi connectivity index (χ0n) is 10.4. The van der Waals surface area contributed by atoms with E-state index in [4.69, 9.17) is 5.73 Å². The maximum absolute atomic E-state index is 6.32. The average molecular weight is 225 g/mol. The molecule has 94 valence electrons. The average Bonchev–Trinajstić information content (AvgIpc) is 2.38. The number of nitrogens with one attached hydrogen (secondary N) is 2. The summed E-state index contributed by atoms with van der Waals surface area (Å²) in [6.07, 6.45) is 7.89. The van der Waals surface area contributed by atoms with Crippen LogP contribution in [0.3, 0.4) is 0 Å². The van der Waals surface area contributed by atoms with Gasteiger partial charge in [-0.1, -0.05) is 0 Å². The van der Waals surface area contributed by atoms with Crippen molar-refractivity contribution >= 4 is 0 Å². The maximum atomic E-state index is 6.32. The molecule has 0 amide bonds. The Balaban J connectivity index is 1.63. The van der Waals surface area contributed by atoms with Crippen LogP contribution in [0.1, 0.15) is 38.5 Å². The van der Waals surface area contributed by atoms with Gasteiger partial charge in [0.25, 0.3) is 0 Å². The second-order valence-corrected chi connectivity index (χ2v) is 5.52. The van der Waals surface area contributed by atoms with Crippen LogP contribution >= 0.6 is 0 Å². The van der Waals surface area contributed by atoms with Crippen molar-refractivity contribution < 1.29 is 0 Å². The predicted octanol–water partition coefficient (Wildman–Crippen LogP) is 1.09. The Morgan fingerprint density at radius 3 is 2.12 bits per heavy atom. The van der Waals surface area contributed by atoms with Crippen molar-refractivity contribution in [1.82, 2.24) is 10.6 Å². The molecule has 0 aliphatic carbocycles. The van der Waals surface area contributed by atoms with Crippen LogP contribution in [0.5, 0.6) is 0 Å². The van der Waals surface area contributed by atoms with Gasteiger partial charge in [0.2, 0.25) is 0 Å². The second-order valence-electron chi connectivity index (χ2n) is 5.52. The Morgan fingerprint density at radius 2 is 1.50 bits per heavy atom. The zero-order valence-corrected chi connectivity index (χ0v) is 10.4. The molecule has 2 aliphatic heterocycles. The van der Waals surface area contributed by atoms with Crippen LogP contribution in [0.4, 0.5) is 0 Å². The largest absolute Gasteiger partial charge is 0.327 e. The standard InChI is InChI=1S/C13H27N3/c14-13(12-5-9-16-10-6-12)2-1-11-3-7-15-8-4-11/h11-13,15-16H,1-10,14H2. The van der Waals surface area contributed by atoms with Gasteiger partial charge >= 0.3 is 0 Å². The second kappa shape index (κ2) is 6.58. The summed E-state index contributed by atoms with van der Waals surface area (Å²) in [5.74, 6) is 1.72. The zero-order chi connectivity index (χ0) is 11.2. The molecule has 0 aromatic heterocycles. The summed E-state index contributed by atoms with van der Waals surface area (Å²) < 4.78 is 0. The molecule has 0 radical (unpaired) electrons. The highest BCUT2D eigenvalue weighted by Gasteiger charge is 2.21. The SMILES string of the molecule is NC(CCC1CCNCC1)C1CCNCC1. The number of nitrogens with two attached hydrogens (primary N) is 1. The van der Waals surface area contributed by atoms with Crippen LogP contribution in [-0.2, 0) is 0 Å². The van der Waals surface area contributed by atoms with E-state index in [0.29, 0.717) is 6.04 Å². The number of piperidine rings is 2. The van der Waals surface area contributed by atoms with E-state index in [1.807, 2.05) is 0 Å². The van der Waals surface area contributed by atoms with Crippen molar-refractivity contribution in [3.8, 4) is 0 Å². The normalized spacial score (nSPS) is 26.8. The molecule has 16 heavy (non-hydrogen) atoms. The first-order valence-corrected chi connectivity index (χ1v) is 7.03. The Hall–Kier alpha value is -0.120. The topological polar surface area (TPSA) is 50.1 Å². The fraction of sp³-hybridized carbons (Fsp3) is 1.00. The van der Waals surface area contributed by atoms with Gasteiger partial charge in [0.1, 0.15) is 0 Å². The van der Waals surface area contributed by atoms with Gasteiger partial charge in [-0.25, -0.2) is 0 Å². The van der Waals surface area contributed by atoms with Crippen molar-refractivity contribution in [2.24, 2.45) is 17.6 Å². The van der Waals surface area contributed by atoms with Gasteiger partial charge in [0.05, 0.1) is 0 Å². The van der Waals surface area contributed by atoms with E-state index in [0.717, 1.165) is 11.8 Å². The molecule has 3 heteroatoms. The fourth-order valence-corrected chi connectivity index (χ4v) is 3.11. The van der Waals surface area contributed by atoms with Gasteiger partial charge < -0.3 is 16.4 Å². The van der Waals surface area contributed by atoms with E-state index in [-0.39, 0.29) is 0 Å². The lowest BCUT2D eigenvalue weighted by Crippen LogP contribution is -2.39. The minimum Gasteiger partial charge on any atom is -0.327 e. The maximum Gasteiger partial charge on any atom is 0.00682 e. The van der Waals surface area contributed by atoms with Gasteiger partial charge in [-0.15, -0.1) is 0 Å². The van der Waals surface area contributed by atoms with E-state index in [2.05, 4.69) is 10.6 Å². The summed E-state index contributed by atoms with van der Waals surface area (Å²) in [5, 5.41) is 6.84. The molecule has 0 aromatic carbocycles. The van der Waals surface area contributed by atoms with Gasteiger partial charge in [-0.3, -0.25) is 0 Å². The lowest BCUT2D eigenvalue weighted by atomic mass is 9.84. The predicted molar refractivity (Wildman–Crippen MR) is 68.4 cm³/mol. The van der Waals surface area contributed by atoms with Crippen molar-refractivity contribution in [3.63, 3.8) is 0 Å². The third-order valence-corrected chi connectivity index (χ3v) is 4.36. The van der Waals surface area contributed by atoms with Crippen molar-refractivity contribution in [1.29, 1.82) is 0 Å². The van der Waals surface area contributed by atoms with E-state index >= 15 is 0 Å². The third kappa shape index (κ3) is 3.72. The van der Waals surface area contributed by atoms with Crippen LogP contribution in [0.25, 0.3) is 0 Å². The van der Waals surface area contributed by atoms with E-state index in [1.54, 1.807) is 0 Å². The van der Waals surface area contributed by atoms with Crippen LogP contribution in [0, 0.1) is 11.8 Å². The van der Waals surface area contributed by atoms with Crippen molar-refractivity contribution in [2.75, 3.05) is 26.2 Å². The van der Waals surface area contributed by atoms with Gasteiger partial charge in [-0.2, -0.15) is 0 Å². The van der Waals surface area contributed by atoms with E-state index < -0.39 is 0 Å². The first-order valence-electron chi connectivity index (χ1n) is 7.03. The molecule has 1 unspecified atom stereocenters. The van der Waals surface area contributed by atoms with E-state index in [9.17, 15) is 0 Å². The molecule has 1 atom stereocenters.